The molecule has 6 heteroatoms. The van der Waals surface area contributed by atoms with Gasteiger partial charge in [-0.15, -0.1) is 0 Å². The fourth-order valence-electron chi connectivity index (χ4n) is 3.36. The SMILES string of the molecule is [CH2]c1c(O)c2ccccc2n(Cc2ccc(N3CCOCC3=O)cc2)c1=O. The number of aromatic hydroxyl groups is 1. The van der Waals surface area contributed by atoms with Crippen molar-refractivity contribution in [2.45, 2.75) is 6.54 Å². The van der Waals surface area contributed by atoms with E-state index in [0.29, 0.717) is 30.6 Å². The van der Waals surface area contributed by atoms with E-state index in [1.165, 1.54) is 0 Å². The smallest absolute Gasteiger partial charge is 0.258 e. The molecule has 3 aromatic rings. The summed E-state index contributed by atoms with van der Waals surface area (Å²) < 4.78 is 6.76. The number of nitrogens with zero attached hydrogens (tertiary/aromatic N) is 2. The molecule has 1 aliphatic heterocycles. The molecule has 0 bridgehead atoms. The Bertz CT molecular complexity index is 1070. The molecule has 4 rings (SSSR count). The van der Waals surface area contributed by atoms with Crippen molar-refractivity contribution in [1.29, 1.82) is 0 Å². The summed E-state index contributed by atoms with van der Waals surface area (Å²) in [6.07, 6.45) is 0. The Morgan fingerprint density at radius 1 is 1.07 bits per heavy atom. The van der Waals surface area contributed by atoms with E-state index in [9.17, 15) is 14.7 Å². The Labute approximate surface area is 156 Å². The lowest BCUT2D eigenvalue weighted by atomic mass is 10.1. The van der Waals surface area contributed by atoms with Crippen molar-refractivity contribution < 1.29 is 14.6 Å². The maximum atomic E-state index is 12.6. The van der Waals surface area contributed by atoms with Crippen LogP contribution in [0.25, 0.3) is 10.9 Å². The summed E-state index contributed by atoms with van der Waals surface area (Å²) in [7, 11) is 0. The van der Waals surface area contributed by atoms with Crippen LogP contribution in [0.2, 0.25) is 0 Å². The van der Waals surface area contributed by atoms with E-state index < -0.39 is 0 Å². The van der Waals surface area contributed by atoms with E-state index in [0.717, 1.165) is 11.3 Å². The molecule has 1 aromatic heterocycles. The highest BCUT2D eigenvalue weighted by atomic mass is 16.5. The number of pyridine rings is 1. The van der Waals surface area contributed by atoms with Crippen LogP contribution in [0.1, 0.15) is 11.1 Å². The van der Waals surface area contributed by atoms with E-state index in [-0.39, 0.29) is 29.4 Å². The number of fused-ring (bicyclic) bond motifs is 1. The monoisotopic (exact) mass is 363 g/mol. The zero-order valence-electron chi connectivity index (χ0n) is 14.7. The van der Waals surface area contributed by atoms with Gasteiger partial charge in [-0.25, -0.2) is 0 Å². The molecule has 27 heavy (non-hydrogen) atoms. The van der Waals surface area contributed by atoms with Crippen molar-refractivity contribution in [1.82, 2.24) is 4.57 Å². The van der Waals surface area contributed by atoms with Crippen molar-refractivity contribution in [2.75, 3.05) is 24.7 Å². The third-order valence-electron chi connectivity index (χ3n) is 4.81. The fraction of sp³-hybridized carbons (Fsp3) is 0.190. The predicted octanol–water partition coefficient (Wildman–Crippen LogP) is 2.30. The number of carbonyl (C=O) groups excluding carboxylic acids is 1. The van der Waals surface area contributed by atoms with Gasteiger partial charge < -0.3 is 19.3 Å². The normalized spacial score (nSPS) is 14.7. The van der Waals surface area contributed by atoms with E-state index >= 15 is 0 Å². The third kappa shape index (κ3) is 3.08. The number of ether oxygens (including phenoxy) is 1. The number of hydrogen-bond donors (Lipinski definition) is 1. The van der Waals surface area contributed by atoms with Crippen LogP contribution in [-0.4, -0.2) is 35.3 Å². The first kappa shape index (κ1) is 17.3. The maximum Gasteiger partial charge on any atom is 0.258 e. The first-order valence-electron chi connectivity index (χ1n) is 8.70. The molecule has 0 saturated carbocycles. The number of aromatic nitrogens is 1. The quantitative estimate of drug-likeness (QED) is 0.775. The molecule has 0 spiro atoms. The molecule has 6 nitrogen and oxygen atoms in total. The van der Waals surface area contributed by atoms with Gasteiger partial charge in [-0.3, -0.25) is 9.59 Å². The molecule has 1 aliphatic rings. The Kier molecular flexibility index (Phi) is 4.41. The first-order chi connectivity index (χ1) is 13.1. The number of benzene rings is 2. The Morgan fingerprint density at radius 2 is 1.81 bits per heavy atom. The van der Waals surface area contributed by atoms with Crippen molar-refractivity contribution >= 4 is 22.5 Å². The highest BCUT2D eigenvalue weighted by Gasteiger charge is 2.20. The highest BCUT2D eigenvalue weighted by molar-refractivity contribution is 5.94. The topological polar surface area (TPSA) is 71.8 Å². The van der Waals surface area contributed by atoms with Crippen LogP contribution in [-0.2, 0) is 16.1 Å². The second-order valence-electron chi connectivity index (χ2n) is 6.50. The van der Waals surface area contributed by atoms with E-state index in [1.54, 1.807) is 21.6 Å². The summed E-state index contributed by atoms with van der Waals surface area (Å²) in [6, 6.07) is 14.7. The summed E-state index contributed by atoms with van der Waals surface area (Å²) in [5, 5.41) is 10.8. The Hall–Kier alpha value is -3.12. The van der Waals surface area contributed by atoms with Gasteiger partial charge in [-0.1, -0.05) is 24.3 Å². The number of morpholine rings is 1. The molecule has 0 atom stereocenters. The second-order valence-corrected chi connectivity index (χ2v) is 6.50. The lowest BCUT2D eigenvalue weighted by Crippen LogP contribution is -2.41. The van der Waals surface area contributed by atoms with Crippen LogP contribution in [0.15, 0.2) is 53.3 Å². The van der Waals surface area contributed by atoms with Crippen molar-refractivity contribution in [3.8, 4) is 5.75 Å². The Balaban J connectivity index is 1.69. The highest BCUT2D eigenvalue weighted by Crippen LogP contribution is 2.26. The molecule has 1 N–H and O–H groups in total. The molecule has 0 aliphatic carbocycles. The molecule has 0 unspecified atom stereocenters. The minimum atomic E-state index is -0.321. The molecule has 1 radical (unpaired) electrons. The van der Waals surface area contributed by atoms with Crippen molar-refractivity contribution in [3.05, 3.63) is 76.9 Å². The molecule has 1 amide bonds. The largest absolute Gasteiger partial charge is 0.507 e. The number of rotatable bonds is 3. The lowest BCUT2D eigenvalue weighted by molar-refractivity contribution is -0.125. The molecule has 137 valence electrons. The predicted molar refractivity (Wildman–Crippen MR) is 103 cm³/mol. The van der Waals surface area contributed by atoms with Gasteiger partial charge in [-0.2, -0.15) is 0 Å². The molecular formula is C21H19N2O4. The van der Waals surface area contributed by atoms with Crippen LogP contribution in [0.5, 0.6) is 5.75 Å². The summed E-state index contributed by atoms with van der Waals surface area (Å²) in [4.78, 5) is 26.3. The van der Waals surface area contributed by atoms with Crippen LogP contribution >= 0.6 is 0 Å². The molecular weight excluding hydrogens is 344 g/mol. The average Bonchev–Trinajstić information content (AvgIpc) is 2.70. The van der Waals surface area contributed by atoms with Gasteiger partial charge in [0.05, 0.1) is 24.2 Å². The zero-order valence-corrected chi connectivity index (χ0v) is 14.7. The summed E-state index contributed by atoms with van der Waals surface area (Å²) >= 11 is 0. The van der Waals surface area contributed by atoms with Crippen LogP contribution < -0.4 is 10.5 Å². The van der Waals surface area contributed by atoms with Gasteiger partial charge in [0.15, 0.2) is 0 Å². The van der Waals surface area contributed by atoms with E-state index in [4.69, 9.17) is 4.74 Å². The fourth-order valence-corrected chi connectivity index (χ4v) is 3.36. The van der Waals surface area contributed by atoms with Crippen LogP contribution in [0, 0.1) is 6.92 Å². The van der Waals surface area contributed by atoms with Crippen molar-refractivity contribution in [2.24, 2.45) is 0 Å². The Morgan fingerprint density at radius 3 is 2.56 bits per heavy atom. The van der Waals surface area contributed by atoms with Gasteiger partial charge in [0.2, 0.25) is 0 Å². The van der Waals surface area contributed by atoms with Gasteiger partial charge in [-0.05, 0) is 36.8 Å². The molecule has 1 fully saturated rings. The average molecular weight is 363 g/mol. The van der Waals surface area contributed by atoms with Gasteiger partial charge in [0.1, 0.15) is 12.4 Å². The van der Waals surface area contributed by atoms with Crippen LogP contribution in [0.4, 0.5) is 5.69 Å². The zero-order chi connectivity index (χ0) is 19.0. The maximum absolute atomic E-state index is 12.6. The second kappa shape index (κ2) is 6.89. The summed E-state index contributed by atoms with van der Waals surface area (Å²) in [5.41, 5.74) is 2.15. The summed E-state index contributed by atoms with van der Waals surface area (Å²) in [5.74, 6) is -0.135. The number of para-hydroxylation sites is 1. The molecule has 2 heterocycles. The van der Waals surface area contributed by atoms with E-state index in [1.807, 2.05) is 36.4 Å². The standard InChI is InChI=1S/C21H19N2O4/c1-14-20(25)17-4-2-3-5-18(17)23(21(14)26)12-15-6-8-16(9-7-15)22-10-11-27-13-19(22)24/h2-9,25H,1,10-13H2. The van der Waals surface area contributed by atoms with Gasteiger partial charge in [0, 0.05) is 17.6 Å². The minimum Gasteiger partial charge on any atom is -0.507 e. The number of anilines is 1. The minimum absolute atomic E-state index is 0.0588. The first-order valence-corrected chi connectivity index (χ1v) is 8.70. The molecule has 2 aromatic carbocycles. The van der Waals surface area contributed by atoms with Crippen molar-refractivity contribution in [3.63, 3.8) is 0 Å². The van der Waals surface area contributed by atoms with E-state index in [2.05, 4.69) is 6.92 Å². The molecule has 1 saturated heterocycles. The lowest BCUT2D eigenvalue weighted by Gasteiger charge is -2.27. The van der Waals surface area contributed by atoms with Gasteiger partial charge >= 0.3 is 0 Å². The number of amides is 1. The summed E-state index contributed by atoms with van der Waals surface area (Å²) in [6.45, 7) is 5.22. The number of hydrogen-bond acceptors (Lipinski definition) is 4. The third-order valence-corrected chi connectivity index (χ3v) is 4.81. The number of carbonyl (C=O) groups is 1. The van der Waals surface area contributed by atoms with Gasteiger partial charge in [0.25, 0.3) is 11.5 Å². The van der Waals surface area contributed by atoms with Crippen LogP contribution in [0.3, 0.4) is 0 Å².